The van der Waals surface area contributed by atoms with E-state index in [1.54, 1.807) is 6.20 Å². The number of nitrogens with zero attached hydrogens (tertiary/aromatic N) is 2. The molecule has 2 heterocycles. The van der Waals surface area contributed by atoms with Gasteiger partial charge in [0.15, 0.2) is 5.11 Å². The van der Waals surface area contributed by atoms with Gasteiger partial charge in [-0.15, -0.1) is 0 Å². The fourth-order valence-corrected chi connectivity index (χ4v) is 2.87. The van der Waals surface area contributed by atoms with E-state index in [0.29, 0.717) is 5.11 Å². The Morgan fingerprint density at radius 1 is 1.55 bits per heavy atom. The molecule has 1 aromatic rings. The Kier molecular flexibility index (Phi) is 6.19. The molecule has 0 aliphatic carbocycles. The van der Waals surface area contributed by atoms with Gasteiger partial charge in [-0.25, -0.2) is 4.98 Å². The minimum atomic E-state index is 0.630. The summed E-state index contributed by atoms with van der Waals surface area (Å²) in [6.45, 7) is 6.65. The average molecular weight is 357 g/mol. The highest BCUT2D eigenvalue weighted by molar-refractivity contribution is 9.10. The molecule has 1 saturated heterocycles. The van der Waals surface area contributed by atoms with Gasteiger partial charge in [-0.2, -0.15) is 0 Å². The Hall–Kier alpha value is -0.720. The summed E-state index contributed by atoms with van der Waals surface area (Å²) in [6.07, 6.45) is 4.42. The first-order valence-electron chi connectivity index (χ1n) is 7.02. The lowest BCUT2D eigenvalue weighted by molar-refractivity contribution is 0.187. The van der Waals surface area contributed by atoms with Crippen molar-refractivity contribution in [1.29, 1.82) is 0 Å². The van der Waals surface area contributed by atoms with Gasteiger partial charge in [0.1, 0.15) is 5.82 Å². The zero-order chi connectivity index (χ0) is 14.4. The third-order valence-corrected chi connectivity index (χ3v) is 4.14. The first kappa shape index (κ1) is 15.7. The Labute approximate surface area is 134 Å². The molecule has 6 heteroatoms. The van der Waals surface area contributed by atoms with Crippen molar-refractivity contribution < 1.29 is 0 Å². The number of thiocarbonyl (C=S) groups is 1. The molecule has 1 aromatic heterocycles. The molecule has 0 amide bonds. The van der Waals surface area contributed by atoms with Crippen LogP contribution in [0, 0.1) is 5.92 Å². The maximum absolute atomic E-state index is 5.27. The van der Waals surface area contributed by atoms with Crippen LogP contribution in [0.4, 0.5) is 5.82 Å². The zero-order valence-corrected chi connectivity index (χ0v) is 14.1. The Balaban J connectivity index is 1.66. The fourth-order valence-electron chi connectivity index (χ4n) is 2.43. The lowest BCUT2D eigenvalue weighted by Crippen LogP contribution is -2.41. The molecule has 1 atom stereocenters. The van der Waals surface area contributed by atoms with Crippen LogP contribution in [-0.4, -0.2) is 41.2 Å². The zero-order valence-electron chi connectivity index (χ0n) is 11.7. The molecule has 1 aliphatic heterocycles. The highest BCUT2D eigenvalue weighted by Crippen LogP contribution is 2.14. The summed E-state index contributed by atoms with van der Waals surface area (Å²) in [4.78, 5) is 6.73. The molecule has 0 spiro atoms. The van der Waals surface area contributed by atoms with Crippen LogP contribution in [0.3, 0.4) is 0 Å². The van der Waals surface area contributed by atoms with E-state index < -0.39 is 0 Å². The van der Waals surface area contributed by atoms with E-state index >= 15 is 0 Å². The summed E-state index contributed by atoms with van der Waals surface area (Å²) in [5, 5.41) is 6.95. The molecule has 2 rings (SSSR count). The number of anilines is 1. The van der Waals surface area contributed by atoms with E-state index in [1.807, 2.05) is 12.1 Å². The molecule has 1 fully saturated rings. The van der Waals surface area contributed by atoms with Gasteiger partial charge in [-0.1, -0.05) is 6.92 Å². The van der Waals surface area contributed by atoms with E-state index in [9.17, 15) is 0 Å². The second-order valence-corrected chi connectivity index (χ2v) is 6.61. The fraction of sp³-hybridized carbons (Fsp3) is 0.571. The van der Waals surface area contributed by atoms with Crippen LogP contribution < -0.4 is 10.6 Å². The molecule has 4 nitrogen and oxygen atoms in total. The van der Waals surface area contributed by atoms with E-state index in [1.165, 1.54) is 25.9 Å². The highest BCUT2D eigenvalue weighted by Gasteiger charge is 2.15. The second-order valence-electron chi connectivity index (χ2n) is 5.29. The smallest absolute Gasteiger partial charge is 0.171 e. The summed E-state index contributed by atoms with van der Waals surface area (Å²) in [5.41, 5.74) is 0. The van der Waals surface area contributed by atoms with Crippen LogP contribution in [0.25, 0.3) is 0 Å². The van der Waals surface area contributed by atoms with E-state index in [-0.39, 0.29) is 0 Å². The molecule has 2 N–H and O–H groups in total. The van der Waals surface area contributed by atoms with Gasteiger partial charge in [0, 0.05) is 30.3 Å². The van der Waals surface area contributed by atoms with Gasteiger partial charge in [0.25, 0.3) is 0 Å². The molecule has 0 bridgehead atoms. The van der Waals surface area contributed by atoms with Gasteiger partial charge in [0.05, 0.1) is 0 Å². The number of hydrogen-bond acceptors (Lipinski definition) is 3. The Bertz CT molecular complexity index is 437. The van der Waals surface area contributed by atoms with Gasteiger partial charge >= 0.3 is 0 Å². The third-order valence-electron chi connectivity index (χ3n) is 3.42. The number of rotatable bonds is 4. The quantitative estimate of drug-likeness (QED) is 0.811. The van der Waals surface area contributed by atoms with Crippen LogP contribution in [0.1, 0.15) is 19.8 Å². The molecule has 1 aliphatic rings. The number of nitrogens with one attached hydrogen (secondary N) is 2. The van der Waals surface area contributed by atoms with Crippen LogP contribution in [0.15, 0.2) is 22.8 Å². The maximum atomic E-state index is 5.27. The molecular formula is C14H21BrN4S. The van der Waals surface area contributed by atoms with Gasteiger partial charge < -0.3 is 15.5 Å². The minimum Gasteiger partial charge on any atom is -0.361 e. The molecule has 0 aromatic carbocycles. The van der Waals surface area contributed by atoms with Gasteiger partial charge in [0.2, 0.25) is 0 Å². The molecule has 20 heavy (non-hydrogen) atoms. The summed E-state index contributed by atoms with van der Waals surface area (Å²) >= 11 is 8.62. The topological polar surface area (TPSA) is 40.2 Å². The predicted octanol–water partition coefficient (Wildman–Crippen LogP) is 2.86. The number of aromatic nitrogens is 1. The minimum absolute atomic E-state index is 0.630. The predicted molar refractivity (Wildman–Crippen MR) is 91.0 cm³/mol. The average Bonchev–Trinajstić information content (AvgIpc) is 2.41. The van der Waals surface area contributed by atoms with Crippen molar-refractivity contribution in [2.24, 2.45) is 5.92 Å². The van der Waals surface area contributed by atoms with E-state index in [2.05, 4.69) is 43.4 Å². The molecule has 1 unspecified atom stereocenters. The summed E-state index contributed by atoms with van der Waals surface area (Å²) in [7, 11) is 0. The van der Waals surface area contributed by atoms with Gasteiger partial charge in [-0.3, -0.25) is 0 Å². The number of hydrogen-bond donors (Lipinski definition) is 2. The number of halogens is 1. The lowest BCUT2D eigenvalue weighted by Gasteiger charge is -2.30. The Morgan fingerprint density at radius 3 is 3.10 bits per heavy atom. The summed E-state index contributed by atoms with van der Waals surface area (Å²) < 4.78 is 0.959. The van der Waals surface area contributed by atoms with Crippen molar-refractivity contribution in [2.45, 2.75) is 19.8 Å². The Morgan fingerprint density at radius 2 is 2.40 bits per heavy atom. The number of likely N-dealkylation sites (tertiary alicyclic amines) is 1. The third kappa shape index (κ3) is 5.34. The SMILES string of the molecule is CC1CCCN(CCNC(=S)Nc2ccc(Br)cn2)C1. The molecular weight excluding hydrogens is 336 g/mol. The largest absolute Gasteiger partial charge is 0.361 e. The van der Waals surface area contributed by atoms with Crippen molar-refractivity contribution >= 4 is 39.1 Å². The maximum Gasteiger partial charge on any atom is 0.171 e. The number of piperidine rings is 1. The summed E-state index contributed by atoms with van der Waals surface area (Å²) in [5.74, 6) is 1.58. The van der Waals surface area contributed by atoms with Crippen LogP contribution in [0.2, 0.25) is 0 Å². The van der Waals surface area contributed by atoms with Gasteiger partial charge in [-0.05, 0) is 65.6 Å². The lowest BCUT2D eigenvalue weighted by atomic mass is 10.0. The van der Waals surface area contributed by atoms with E-state index in [0.717, 1.165) is 29.3 Å². The normalized spacial score (nSPS) is 19.6. The van der Waals surface area contributed by atoms with Crippen LogP contribution in [-0.2, 0) is 0 Å². The second kappa shape index (κ2) is 7.90. The molecule has 110 valence electrons. The molecule has 0 radical (unpaired) electrons. The van der Waals surface area contributed by atoms with E-state index in [4.69, 9.17) is 12.2 Å². The first-order valence-corrected chi connectivity index (χ1v) is 8.22. The molecule has 0 saturated carbocycles. The van der Waals surface area contributed by atoms with Crippen LogP contribution in [0.5, 0.6) is 0 Å². The summed E-state index contributed by atoms with van der Waals surface area (Å²) in [6, 6.07) is 3.83. The highest BCUT2D eigenvalue weighted by atomic mass is 79.9. The van der Waals surface area contributed by atoms with Crippen molar-refractivity contribution in [2.75, 3.05) is 31.5 Å². The monoisotopic (exact) mass is 356 g/mol. The number of pyridine rings is 1. The first-order chi connectivity index (χ1) is 9.63. The van der Waals surface area contributed by atoms with Crippen LogP contribution >= 0.6 is 28.1 Å². The van der Waals surface area contributed by atoms with Crippen molar-refractivity contribution in [3.8, 4) is 0 Å². The van der Waals surface area contributed by atoms with Crippen molar-refractivity contribution in [1.82, 2.24) is 15.2 Å². The standard InChI is InChI=1S/C14H21BrN4S/c1-11-3-2-7-19(10-11)8-6-16-14(20)18-13-5-4-12(15)9-17-13/h4-5,9,11H,2-3,6-8,10H2,1H3,(H2,16,17,18,20). The van der Waals surface area contributed by atoms with Crippen molar-refractivity contribution in [3.63, 3.8) is 0 Å². The van der Waals surface area contributed by atoms with Crippen molar-refractivity contribution in [3.05, 3.63) is 22.8 Å².